The third-order valence-electron chi connectivity index (χ3n) is 1.77. The zero-order valence-corrected chi connectivity index (χ0v) is 8.07. The van der Waals surface area contributed by atoms with Crippen molar-refractivity contribution in [2.24, 2.45) is 0 Å². The molecule has 1 aromatic carbocycles. The molecule has 0 aliphatic heterocycles. The Labute approximate surface area is 91.7 Å². The molecule has 0 spiro atoms. The van der Waals surface area contributed by atoms with E-state index in [9.17, 15) is 17.6 Å². The molecule has 0 N–H and O–H groups in total. The van der Waals surface area contributed by atoms with Crippen molar-refractivity contribution in [3.63, 3.8) is 0 Å². The first kappa shape index (κ1) is 11.5. The molecule has 1 aromatic heterocycles. The first-order valence-electron chi connectivity index (χ1n) is 4.35. The van der Waals surface area contributed by atoms with Crippen LogP contribution in [0.2, 0.25) is 0 Å². The van der Waals surface area contributed by atoms with Crippen LogP contribution in [0.3, 0.4) is 0 Å². The van der Waals surface area contributed by atoms with Gasteiger partial charge in [-0.2, -0.15) is 22.5 Å². The van der Waals surface area contributed by atoms with E-state index in [1.54, 1.807) is 0 Å². The number of oxazole rings is 1. The van der Waals surface area contributed by atoms with Crippen LogP contribution >= 0.6 is 0 Å². The van der Waals surface area contributed by atoms with Crippen LogP contribution in [0.25, 0.3) is 11.1 Å². The Morgan fingerprint density at radius 2 is 1.76 bits per heavy atom. The summed E-state index contributed by atoms with van der Waals surface area (Å²) in [6.45, 7) is -6.15. The lowest BCUT2D eigenvalue weighted by atomic mass is 10.3. The minimum Gasteiger partial charge on any atom is -0.432 e. The summed E-state index contributed by atoms with van der Waals surface area (Å²) in [6, 6.07) is 3.93. The van der Waals surface area contributed by atoms with Crippen LogP contribution < -0.4 is 9.47 Å². The van der Waals surface area contributed by atoms with E-state index in [0.717, 1.165) is 0 Å². The fourth-order valence-electron chi connectivity index (χ4n) is 1.22. The number of benzene rings is 1. The van der Waals surface area contributed by atoms with Crippen LogP contribution in [0.1, 0.15) is 0 Å². The highest BCUT2D eigenvalue weighted by molar-refractivity contribution is 5.80. The van der Waals surface area contributed by atoms with Crippen molar-refractivity contribution in [3.05, 3.63) is 18.2 Å². The quantitative estimate of drug-likeness (QED) is 0.783. The molecule has 8 heteroatoms. The van der Waals surface area contributed by atoms with Gasteiger partial charge in [0.05, 0.1) is 0 Å². The summed E-state index contributed by atoms with van der Waals surface area (Å²) in [4.78, 5) is 3.48. The monoisotopic (exact) mass is 251 g/mol. The summed E-state index contributed by atoms with van der Waals surface area (Å²) >= 11 is 0. The minimum atomic E-state index is -3.11. The molecule has 0 radical (unpaired) electrons. The molecule has 92 valence electrons. The van der Waals surface area contributed by atoms with Gasteiger partial charge in [0.2, 0.25) is 0 Å². The Morgan fingerprint density at radius 3 is 2.41 bits per heavy atom. The molecule has 0 atom stereocenters. The average molecular weight is 251 g/mol. The maximum absolute atomic E-state index is 12.0. The predicted molar refractivity (Wildman–Crippen MR) is 47.3 cm³/mol. The SMILES string of the molecule is FC(F)Oc1nc2c(OC(F)F)cccc2o1. The minimum absolute atomic E-state index is 0.0128. The first-order valence-corrected chi connectivity index (χ1v) is 4.35. The highest BCUT2D eigenvalue weighted by Gasteiger charge is 2.16. The van der Waals surface area contributed by atoms with Crippen molar-refractivity contribution in [2.45, 2.75) is 13.2 Å². The van der Waals surface area contributed by atoms with Gasteiger partial charge in [0, 0.05) is 0 Å². The van der Waals surface area contributed by atoms with E-state index in [2.05, 4.69) is 14.5 Å². The molecule has 0 aliphatic carbocycles. The number of fused-ring (bicyclic) bond motifs is 1. The molecular weight excluding hydrogens is 246 g/mol. The second-order valence-electron chi connectivity index (χ2n) is 2.84. The lowest BCUT2D eigenvalue weighted by Crippen LogP contribution is -2.03. The zero-order valence-electron chi connectivity index (χ0n) is 8.07. The van der Waals surface area contributed by atoms with Gasteiger partial charge in [-0.1, -0.05) is 6.07 Å². The van der Waals surface area contributed by atoms with Crippen molar-refractivity contribution < 1.29 is 31.5 Å². The van der Waals surface area contributed by atoms with E-state index < -0.39 is 19.3 Å². The second kappa shape index (κ2) is 4.48. The zero-order chi connectivity index (χ0) is 12.4. The molecule has 0 bridgehead atoms. The lowest BCUT2D eigenvalue weighted by molar-refractivity contribution is -0.0665. The van der Waals surface area contributed by atoms with Gasteiger partial charge in [-0.05, 0) is 12.1 Å². The third-order valence-corrected chi connectivity index (χ3v) is 1.77. The van der Waals surface area contributed by atoms with E-state index in [-0.39, 0.29) is 16.8 Å². The maximum atomic E-state index is 12.0. The Morgan fingerprint density at radius 1 is 1.06 bits per heavy atom. The fourth-order valence-corrected chi connectivity index (χ4v) is 1.22. The lowest BCUT2D eigenvalue weighted by Gasteiger charge is -2.02. The van der Waals surface area contributed by atoms with Gasteiger partial charge >= 0.3 is 19.3 Å². The Bertz CT molecular complexity index is 514. The summed E-state index contributed by atoms with van der Waals surface area (Å²) in [5, 5.41) is 0. The van der Waals surface area contributed by atoms with Crippen LogP contribution in [0.4, 0.5) is 17.6 Å². The molecule has 1 heterocycles. The van der Waals surface area contributed by atoms with E-state index >= 15 is 0 Å². The molecule has 0 aliphatic rings. The van der Waals surface area contributed by atoms with Crippen molar-refractivity contribution in [1.29, 1.82) is 0 Å². The average Bonchev–Trinajstić information content (AvgIpc) is 2.59. The maximum Gasteiger partial charge on any atom is 0.399 e. The topological polar surface area (TPSA) is 44.5 Å². The molecule has 0 fully saturated rings. The number of ether oxygens (including phenoxy) is 2. The van der Waals surface area contributed by atoms with E-state index in [1.807, 2.05) is 0 Å². The molecule has 0 unspecified atom stereocenters. The third kappa shape index (κ3) is 2.58. The highest BCUT2D eigenvalue weighted by atomic mass is 19.3. The largest absolute Gasteiger partial charge is 0.432 e. The number of alkyl halides is 4. The second-order valence-corrected chi connectivity index (χ2v) is 2.84. The molecular formula is C9H5F4NO3. The number of hydrogen-bond donors (Lipinski definition) is 0. The molecule has 4 nitrogen and oxygen atoms in total. The van der Waals surface area contributed by atoms with Gasteiger partial charge in [0.25, 0.3) is 0 Å². The molecule has 2 rings (SSSR count). The molecule has 0 amide bonds. The van der Waals surface area contributed by atoms with Crippen molar-refractivity contribution in [1.82, 2.24) is 4.98 Å². The van der Waals surface area contributed by atoms with Crippen LogP contribution in [0, 0.1) is 0 Å². The summed E-state index contributed by atoms with van der Waals surface area (Å²) in [6.07, 6.45) is -0.708. The Kier molecular flexibility index (Phi) is 3.03. The van der Waals surface area contributed by atoms with Gasteiger partial charge in [-0.25, -0.2) is 0 Å². The van der Waals surface area contributed by atoms with Gasteiger partial charge in [-0.3, -0.25) is 0 Å². The smallest absolute Gasteiger partial charge is 0.399 e. The summed E-state index contributed by atoms with van der Waals surface area (Å²) in [5.74, 6) is -0.273. The summed E-state index contributed by atoms with van der Waals surface area (Å²) in [7, 11) is 0. The van der Waals surface area contributed by atoms with Crippen LogP contribution in [-0.4, -0.2) is 18.2 Å². The Balaban J connectivity index is 2.38. The number of para-hydroxylation sites is 1. The molecule has 17 heavy (non-hydrogen) atoms. The van der Waals surface area contributed by atoms with Crippen molar-refractivity contribution >= 4 is 11.1 Å². The standard InChI is InChI=1S/C9H5F4NO3/c10-7(11)15-4-2-1-3-5-6(4)14-9(16-5)17-8(12)13/h1-3,7-8H. The van der Waals surface area contributed by atoms with E-state index in [1.165, 1.54) is 18.2 Å². The van der Waals surface area contributed by atoms with Gasteiger partial charge in [-0.15, -0.1) is 0 Å². The normalized spacial score (nSPS) is 11.4. The molecule has 2 aromatic rings. The van der Waals surface area contributed by atoms with Crippen LogP contribution in [0.15, 0.2) is 22.6 Å². The molecule has 0 saturated heterocycles. The van der Waals surface area contributed by atoms with Crippen LogP contribution in [0.5, 0.6) is 11.8 Å². The molecule has 0 saturated carbocycles. The van der Waals surface area contributed by atoms with E-state index in [0.29, 0.717) is 0 Å². The van der Waals surface area contributed by atoms with E-state index in [4.69, 9.17) is 4.42 Å². The summed E-state index contributed by atoms with van der Waals surface area (Å²) in [5.41, 5.74) is -0.0951. The van der Waals surface area contributed by atoms with Crippen molar-refractivity contribution in [2.75, 3.05) is 0 Å². The predicted octanol–water partition coefficient (Wildman–Crippen LogP) is 3.03. The van der Waals surface area contributed by atoms with Gasteiger partial charge < -0.3 is 13.9 Å². The van der Waals surface area contributed by atoms with Crippen molar-refractivity contribution in [3.8, 4) is 11.8 Å². The van der Waals surface area contributed by atoms with Crippen LogP contribution in [-0.2, 0) is 0 Å². The van der Waals surface area contributed by atoms with Gasteiger partial charge in [0.1, 0.15) is 0 Å². The Hall–Kier alpha value is -1.99. The first-order chi connectivity index (χ1) is 8.06. The number of hydrogen-bond acceptors (Lipinski definition) is 4. The number of aromatic nitrogens is 1. The number of halogens is 4. The highest BCUT2D eigenvalue weighted by Crippen LogP contribution is 2.30. The summed E-state index contributed by atoms with van der Waals surface area (Å²) < 4.78 is 60.7. The van der Waals surface area contributed by atoms with Gasteiger partial charge in [0.15, 0.2) is 16.8 Å². The fraction of sp³-hybridized carbons (Fsp3) is 0.222. The number of rotatable bonds is 4. The number of nitrogens with zero attached hydrogens (tertiary/aromatic N) is 1.